The lowest BCUT2D eigenvalue weighted by Crippen LogP contribution is -2.52. The number of carboxylic acids is 1. The summed E-state index contributed by atoms with van der Waals surface area (Å²) in [4.78, 5) is 100. The van der Waals surface area contributed by atoms with Gasteiger partial charge >= 0.3 is 19.8 Å². The Kier molecular flexibility index (Phi) is 18.4. The second-order valence-electron chi connectivity index (χ2n) is 12.5. The number of carbonyl (C=O) groups is 6. The number of esters is 1. The number of benzene rings is 1. The van der Waals surface area contributed by atoms with Crippen molar-refractivity contribution in [2.45, 2.75) is 26.4 Å². The van der Waals surface area contributed by atoms with Crippen LogP contribution in [0, 0.1) is 0 Å². The molecule has 6 N–H and O–H groups in total. The van der Waals surface area contributed by atoms with Crippen LogP contribution < -0.4 is 20.5 Å². The number of ether oxygens (including phenoxy) is 3. The minimum absolute atomic E-state index is 0.0239. The molecule has 0 aliphatic carbocycles. The Morgan fingerprint density at radius 2 is 1.19 bits per heavy atom. The van der Waals surface area contributed by atoms with E-state index in [1.807, 2.05) is 14.7 Å². The molecular weight excluding hydrogens is 737 g/mol. The quantitative estimate of drug-likeness (QED) is 0.0501. The summed E-state index contributed by atoms with van der Waals surface area (Å²) in [5, 5.41) is 16.7. The van der Waals surface area contributed by atoms with Gasteiger partial charge in [0.2, 0.25) is 17.7 Å². The average Bonchev–Trinajstić information content (AvgIpc) is 3.08. The number of aliphatic carboxylic acids is 1. The molecule has 0 radical (unpaired) electrons. The fourth-order valence-electron chi connectivity index (χ4n) is 5.41. The fraction of sp³-hybridized carbons (Fsp3) is 0.625. The number of ketones is 1. The van der Waals surface area contributed by atoms with Crippen LogP contribution in [-0.4, -0.2) is 187 Å². The Balaban J connectivity index is 1.77. The number of phosphoric ester groups is 1. The van der Waals surface area contributed by atoms with Gasteiger partial charge in [0.05, 0.1) is 39.3 Å². The van der Waals surface area contributed by atoms with Crippen LogP contribution >= 0.6 is 7.82 Å². The van der Waals surface area contributed by atoms with Gasteiger partial charge in [0.1, 0.15) is 18.8 Å². The van der Waals surface area contributed by atoms with Crippen LogP contribution in [0.3, 0.4) is 0 Å². The maximum absolute atomic E-state index is 13.4. The Morgan fingerprint density at radius 3 is 1.61 bits per heavy atom. The molecule has 22 heteroatoms. The van der Waals surface area contributed by atoms with Gasteiger partial charge in [-0.25, -0.2) is 4.57 Å². The van der Waals surface area contributed by atoms with E-state index < -0.39 is 44.4 Å². The second kappa shape index (κ2) is 22.4. The van der Waals surface area contributed by atoms with Crippen LogP contribution in [0.15, 0.2) is 24.3 Å². The SMILES string of the molecule is CCOC(=O)CNC(=O)CN1CCN(CC(=O)NCC(=O)O)CCN(CC(=O)c2ccc(OP(=O)(O)O)cc2)CCN(CC(=O)NCC2OC(C)O2)CC1. The summed E-state index contributed by atoms with van der Waals surface area (Å²) >= 11 is 0. The molecule has 0 bridgehead atoms. The molecule has 0 atom stereocenters. The van der Waals surface area contributed by atoms with Gasteiger partial charge in [0.25, 0.3) is 0 Å². The summed E-state index contributed by atoms with van der Waals surface area (Å²) in [6.07, 6.45) is -0.899. The van der Waals surface area contributed by atoms with Crippen molar-refractivity contribution in [2.75, 3.05) is 105 Å². The van der Waals surface area contributed by atoms with Gasteiger partial charge < -0.3 is 39.8 Å². The molecule has 0 unspecified atom stereocenters. The first-order valence-corrected chi connectivity index (χ1v) is 18.9. The van der Waals surface area contributed by atoms with Crippen LogP contribution in [0.2, 0.25) is 0 Å². The smallest absolute Gasteiger partial charge is 0.480 e. The highest BCUT2D eigenvalue weighted by Gasteiger charge is 2.28. The minimum atomic E-state index is -4.79. The van der Waals surface area contributed by atoms with Crippen molar-refractivity contribution in [1.82, 2.24) is 35.6 Å². The first-order valence-electron chi connectivity index (χ1n) is 17.3. The van der Waals surface area contributed by atoms with Gasteiger partial charge in [-0.2, -0.15) is 0 Å². The Morgan fingerprint density at radius 1 is 0.741 bits per heavy atom. The van der Waals surface area contributed by atoms with E-state index in [-0.39, 0.29) is 101 Å². The maximum Gasteiger partial charge on any atom is 0.524 e. The highest BCUT2D eigenvalue weighted by molar-refractivity contribution is 7.46. The summed E-state index contributed by atoms with van der Waals surface area (Å²) in [5.74, 6) is -3.50. The highest BCUT2D eigenvalue weighted by Crippen LogP contribution is 2.37. The molecule has 1 aromatic carbocycles. The largest absolute Gasteiger partial charge is 0.524 e. The molecule has 2 saturated heterocycles. The molecule has 2 heterocycles. The first kappa shape index (κ1) is 44.3. The molecule has 2 fully saturated rings. The third-order valence-electron chi connectivity index (χ3n) is 8.12. The Hall–Kier alpha value is -4.05. The van der Waals surface area contributed by atoms with Gasteiger partial charge in [-0.1, -0.05) is 0 Å². The van der Waals surface area contributed by atoms with Gasteiger partial charge in [-0.3, -0.25) is 58.2 Å². The number of hydrogen-bond donors (Lipinski definition) is 6. The Bertz CT molecular complexity index is 1470. The molecule has 0 spiro atoms. The van der Waals surface area contributed by atoms with Crippen molar-refractivity contribution in [2.24, 2.45) is 0 Å². The van der Waals surface area contributed by atoms with E-state index in [1.54, 1.807) is 18.7 Å². The van der Waals surface area contributed by atoms with Crippen molar-refractivity contribution in [3.8, 4) is 5.75 Å². The molecule has 0 aromatic heterocycles. The number of nitrogens with one attached hydrogen (secondary N) is 3. The number of phosphoric acid groups is 1. The van der Waals surface area contributed by atoms with E-state index in [1.165, 1.54) is 24.3 Å². The molecule has 302 valence electrons. The van der Waals surface area contributed by atoms with E-state index in [0.717, 1.165) is 0 Å². The normalized spacial score (nSPS) is 19.6. The van der Waals surface area contributed by atoms with Crippen LogP contribution in [0.25, 0.3) is 0 Å². The van der Waals surface area contributed by atoms with E-state index in [2.05, 4.69) is 20.5 Å². The van der Waals surface area contributed by atoms with Gasteiger partial charge in [0, 0.05) is 57.9 Å². The van der Waals surface area contributed by atoms with E-state index in [4.69, 9.17) is 29.1 Å². The van der Waals surface area contributed by atoms with Gasteiger partial charge in [-0.15, -0.1) is 0 Å². The van der Waals surface area contributed by atoms with Gasteiger partial charge in [-0.05, 0) is 38.1 Å². The number of hydrogen-bond acceptors (Lipinski definition) is 15. The molecule has 3 rings (SSSR count). The monoisotopic (exact) mass is 787 g/mol. The number of carboxylic acid groups (broad SMARTS) is 1. The predicted octanol–water partition coefficient (Wildman–Crippen LogP) is -2.72. The zero-order valence-electron chi connectivity index (χ0n) is 30.3. The summed E-state index contributed by atoms with van der Waals surface area (Å²) in [7, 11) is -4.79. The number of carbonyl (C=O) groups excluding carboxylic acids is 5. The molecular formula is C32H50N7O14P. The van der Waals surface area contributed by atoms with Crippen molar-refractivity contribution >= 4 is 43.3 Å². The van der Waals surface area contributed by atoms with Crippen LogP contribution in [0.4, 0.5) is 0 Å². The van der Waals surface area contributed by atoms with E-state index in [0.29, 0.717) is 26.2 Å². The summed E-state index contributed by atoms with van der Waals surface area (Å²) in [5.41, 5.74) is 0.256. The van der Waals surface area contributed by atoms with E-state index >= 15 is 0 Å². The standard InChI is InChI=1S/C32H50N7O14P/c1-3-50-31(46)17-34-28(42)21-39-14-12-37(20-27(41)33-16-30(44)45)10-8-36(19-26(40)24-4-6-25(7-5-24)53-54(47,48)49)9-11-38(13-15-39)22-29(43)35-18-32-51-23(2)52-32/h4-7,23,32H,3,8-22H2,1-2H3,(H,33,41)(H,34,42)(H,35,43)(H,44,45)(H2,47,48,49). The zero-order chi connectivity index (χ0) is 39.7. The second-order valence-corrected chi connectivity index (χ2v) is 13.6. The zero-order valence-corrected chi connectivity index (χ0v) is 31.2. The molecule has 21 nitrogen and oxygen atoms in total. The molecule has 54 heavy (non-hydrogen) atoms. The fourth-order valence-corrected chi connectivity index (χ4v) is 5.81. The highest BCUT2D eigenvalue weighted by atomic mass is 31.2. The molecule has 0 saturated carbocycles. The number of amides is 3. The third kappa shape index (κ3) is 17.9. The first-order chi connectivity index (χ1) is 25.6. The Labute approximate surface area is 312 Å². The summed E-state index contributed by atoms with van der Waals surface area (Å²) in [6.45, 7) is 4.71. The van der Waals surface area contributed by atoms with Crippen molar-refractivity contribution < 1.29 is 67.0 Å². The van der Waals surface area contributed by atoms with Crippen molar-refractivity contribution in [3.63, 3.8) is 0 Å². The molecule has 3 amide bonds. The van der Waals surface area contributed by atoms with Gasteiger partial charge in [0.15, 0.2) is 18.4 Å². The van der Waals surface area contributed by atoms with Crippen LogP contribution in [0.1, 0.15) is 24.2 Å². The van der Waals surface area contributed by atoms with Crippen molar-refractivity contribution in [3.05, 3.63) is 29.8 Å². The summed E-state index contributed by atoms with van der Waals surface area (Å²) < 4.78 is 31.4. The predicted molar refractivity (Wildman–Crippen MR) is 188 cm³/mol. The van der Waals surface area contributed by atoms with Crippen LogP contribution in [-0.2, 0) is 42.7 Å². The maximum atomic E-state index is 13.4. The topological polar surface area (TPSA) is 266 Å². The lowest BCUT2D eigenvalue weighted by atomic mass is 10.1. The van der Waals surface area contributed by atoms with Crippen molar-refractivity contribution in [1.29, 1.82) is 0 Å². The number of rotatable bonds is 18. The lowest BCUT2D eigenvalue weighted by Gasteiger charge is -2.34. The molecule has 2 aliphatic rings. The van der Waals surface area contributed by atoms with Crippen LogP contribution in [0.5, 0.6) is 5.75 Å². The minimum Gasteiger partial charge on any atom is -0.480 e. The number of Topliss-reactive ketones (excluding diaryl/α,β-unsaturated/α-hetero) is 1. The number of nitrogens with zero attached hydrogens (tertiary/aromatic N) is 4. The third-order valence-corrected chi connectivity index (χ3v) is 8.57. The lowest BCUT2D eigenvalue weighted by molar-refractivity contribution is -0.372. The average molecular weight is 788 g/mol. The molecule has 2 aliphatic heterocycles. The van der Waals surface area contributed by atoms with E-state index in [9.17, 15) is 33.3 Å². The molecule has 1 aromatic rings. The summed E-state index contributed by atoms with van der Waals surface area (Å²) in [6, 6.07) is 5.30.